The molecule has 0 bridgehead atoms. The van der Waals surface area contributed by atoms with Gasteiger partial charge in [-0.1, -0.05) is 12.1 Å². The molecule has 2 heterocycles. The Labute approximate surface area is 186 Å². The molecule has 0 saturated carbocycles. The first kappa shape index (κ1) is 21.1. The van der Waals surface area contributed by atoms with Gasteiger partial charge < -0.3 is 9.47 Å². The second-order valence-electron chi connectivity index (χ2n) is 6.72. The zero-order valence-electron chi connectivity index (χ0n) is 16.8. The molecule has 4 aromatic rings. The van der Waals surface area contributed by atoms with Crippen LogP contribution in [0.1, 0.15) is 33.0 Å². The van der Waals surface area contributed by atoms with Crippen molar-refractivity contribution in [3.63, 3.8) is 0 Å². The maximum atomic E-state index is 13.9. The fraction of sp³-hybridized carbons (Fsp3) is 0.174. The van der Waals surface area contributed by atoms with Crippen molar-refractivity contribution in [1.82, 2.24) is 4.98 Å². The van der Waals surface area contributed by atoms with Crippen LogP contribution in [0.4, 0.5) is 4.39 Å². The minimum Gasteiger partial charge on any atom is -0.493 e. The van der Waals surface area contributed by atoms with Crippen LogP contribution in [-0.2, 0) is 0 Å². The highest BCUT2D eigenvalue weighted by molar-refractivity contribution is 7.18. The molecule has 0 N–H and O–H groups in total. The number of carbonyl (C=O) groups excluding carboxylic acids is 2. The Balaban J connectivity index is 1.46. The van der Waals surface area contributed by atoms with Crippen LogP contribution in [0.5, 0.6) is 11.5 Å². The molecule has 0 atom stereocenters. The summed E-state index contributed by atoms with van der Waals surface area (Å²) in [6.07, 6.45) is 0.120. The molecule has 0 aliphatic carbocycles. The maximum Gasteiger partial charge on any atom is 0.191 e. The van der Waals surface area contributed by atoms with Crippen LogP contribution < -0.4 is 9.47 Å². The number of ketones is 2. The Morgan fingerprint density at radius 1 is 0.968 bits per heavy atom. The highest BCUT2D eigenvalue weighted by Gasteiger charge is 2.18. The monoisotopic (exact) mass is 455 g/mol. The standard InChI is InChI=1S/C23H18FNO4S2/c1-28-20-9-6-13(10-21(20)29-2)18(26)7-8-19(27)23-25-17(12-31-23)15-11-30-22-14(15)4-3-5-16(22)24/h3-6,9-12H,7-8H2,1-2H3. The van der Waals surface area contributed by atoms with Gasteiger partial charge >= 0.3 is 0 Å². The molecule has 2 aromatic heterocycles. The average Bonchev–Trinajstić information content (AvgIpc) is 3.44. The van der Waals surface area contributed by atoms with Crippen LogP contribution in [-0.4, -0.2) is 30.8 Å². The van der Waals surface area contributed by atoms with E-state index < -0.39 is 0 Å². The van der Waals surface area contributed by atoms with Gasteiger partial charge in [0.15, 0.2) is 28.1 Å². The summed E-state index contributed by atoms with van der Waals surface area (Å²) in [6, 6.07) is 9.84. The second kappa shape index (κ2) is 8.95. The van der Waals surface area contributed by atoms with Crippen molar-refractivity contribution in [2.75, 3.05) is 14.2 Å². The van der Waals surface area contributed by atoms with E-state index in [2.05, 4.69) is 4.98 Å². The molecular weight excluding hydrogens is 437 g/mol. The zero-order chi connectivity index (χ0) is 22.0. The van der Waals surface area contributed by atoms with Crippen LogP contribution in [0, 0.1) is 5.82 Å². The number of methoxy groups -OCH3 is 2. The third kappa shape index (κ3) is 4.22. The van der Waals surface area contributed by atoms with Gasteiger partial charge in [0, 0.05) is 40.1 Å². The van der Waals surface area contributed by atoms with Crippen LogP contribution >= 0.6 is 22.7 Å². The minimum atomic E-state index is -0.269. The number of fused-ring (bicyclic) bond motifs is 1. The molecule has 31 heavy (non-hydrogen) atoms. The van der Waals surface area contributed by atoms with Gasteiger partial charge in [0.05, 0.1) is 24.6 Å². The molecule has 0 saturated heterocycles. The van der Waals surface area contributed by atoms with E-state index in [-0.39, 0.29) is 30.2 Å². The number of thiazole rings is 1. The summed E-state index contributed by atoms with van der Waals surface area (Å²) in [7, 11) is 3.02. The Bertz CT molecular complexity index is 1280. The first-order valence-electron chi connectivity index (χ1n) is 9.42. The van der Waals surface area contributed by atoms with Crippen LogP contribution in [0.2, 0.25) is 0 Å². The summed E-state index contributed by atoms with van der Waals surface area (Å²) in [5.41, 5.74) is 1.89. The van der Waals surface area contributed by atoms with E-state index in [4.69, 9.17) is 9.47 Å². The number of hydrogen-bond donors (Lipinski definition) is 0. The molecule has 0 radical (unpaired) electrons. The quantitative estimate of drug-likeness (QED) is 0.304. The number of nitrogens with zero attached hydrogens (tertiary/aromatic N) is 1. The Hall–Kier alpha value is -3.10. The summed E-state index contributed by atoms with van der Waals surface area (Å²) >= 11 is 2.54. The SMILES string of the molecule is COc1ccc(C(=O)CCC(=O)c2nc(-c3csc4c(F)cccc34)cs2)cc1OC. The van der Waals surface area contributed by atoms with Gasteiger partial charge in [-0.3, -0.25) is 9.59 Å². The highest BCUT2D eigenvalue weighted by Crippen LogP contribution is 2.36. The summed E-state index contributed by atoms with van der Waals surface area (Å²) in [5, 5.41) is 4.75. The van der Waals surface area contributed by atoms with Gasteiger partial charge in [-0.25, -0.2) is 9.37 Å². The van der Waals surface area contributed by atoms with Crippen molar-refractivity contribution >= 4 is 44.3 Å². The smallest absolute Gasteiger partial charge is 0.191 e. The Morgan fingerprint density at radius 2 is 1.74 bits per heavy atom. The Kier molecular flexibility index (Phi) is 6.11. The molecule has 0 spiro atoms. The fourth-order valence-electron chi connectivity index (χ4n) is 3.23. The molecule has 0 aliphatic heterocycles. The number of thiophene rings is 1. The summed E-state index contributed by atoms with van der Waals surface area (Å²) in [6.45, 7) is 0. The van der Waals surface area contributed by atoms with E-state index in [1.54, 1.807) is 29.6 Å². The van der Waals surface area contributed by atoms with Gasteiger partial charge in [0.25, 0.3) is 0 Å². The normalized spacial score (nSPS) is 10.9. The molecule has 0 unspecified atom stereocenters. The van der Waals surface area contributed by atoms with Gasteiger partial charge in [0.2, 0.25) is 0 Å². The van der Waals surface area contributed by atoms with Gasteiger partial charge in [-0.2, -0.15) is 0 Å². The van der Waals surface area contributed by atoms with E-state index in [9.17, 15) is 14.0 Å². The van der Waals surface area contributed by atoms with Gasteiger partial charge in [-0.15, -0.1) is 22.7 Å². The molecule has 5 nitrogen and oxygen atoms in total. The first-order valence-corrected chi connectivity index (χ1v) is 11.2. The second-order valence-corrected chi connectivity index (χ2v) is 8.46. The minimum absolute atomic E-state index is 0.0547. The summed E-state index contributed by atoms with van der Waals surface area (Å²) in [5.74, 6) is 0.366. The molecule has 4 rings (SSSR count). The van der Waals surface area contributed by atoms with Crippen LogP contribution in [0.15, 0.2) is 47.2 Å². The van der Waals surface area contributed by atoms with Crippen LogP contribution in [0.25, 0.3) is 21.3 Å². The highest BCUT2D eigenvalue weighted by atomic mass is 32.1. The maximum absolute atomic E-state index is 13.9. The number of aromatic nitrogens is 1. The van der Waals surface area contributed by atoms with Gasteiger partial charge in [-0.05, 0) is 24.3 Å². The van der Waals surface area contributed by atoms with Crippen molar-refractivity contribution in [2.24, 2.45) is 0 Å². The van der Waals surface area contributed by atoms with Crippen molar-refractivity contribution in [1.29, 1.82) is 0 Å². The number of Topliss-reactive ketones (excluding diaryl/α,β-unsaturated/α-hetero) is 2. The van der Waals surface area contributed by atoms with Crippen molar-refractivity contribution in [3.8, 4) is 22.8 Å². The summed E-state index contributed by atoms with van der Waals surface area (Å²) in [4.78, 5) is 29.6. The molecule has 2 aromatic carbocycles. The van der Waals surface area contributed by atoms with Crippen molar-refractivity contribution < 1.29 is 23.5 Å². The number of carbonyl (C=O) groups is 2. The van der Waals surface area contributed by atoms with Crippen molar-refractivity contribution in [3.05, 3.63) is 63.5 Å². The third-order valence-electron chi connectivity index (χ3n) is 4.86. The average molecular weight is 456 g/mol. The van der Waals surface area contributed by atoms with E-state index in [0.29, 0.717) is 32.5 Å². The van der Waals surface area contributed by atoms with E-state index >= 15 is 0 Å². The predicted octanol–water partition coefficient (Wildman–Crippen LogP) is 6.03. The van der Waals surface area contributed by atoms with E-state index in [0.717, 1.165) is 10.9 Å². The lowest BCUT2D eigenvalue weighted by Gasteiger charge is -2.08. The first-order chi connectivity index (χ1) is 15.0. The molecule has 0 amide bonds. The molecular formula is C23H18FNO4S2. The topological polar surface area (TPSA) is 65.5 Å². The lowest BCUT2D eigenvalue weighted by Crippen LogP contribution is -2.05. The molecule has 158 valence electrons. The number of ether oxygens (including phenoxy) is 2. The largest absolute Gasteiger partial charge is 0.493 e. The predicted molar refractivity (Wildman–Crippen MR) is 120 cm³/mol. The number of hydrogen-bond acceptors (Lipinski definition) is 7. The number of rotatable bonds is 8. The number of benzene rings is 2. The molecule has 0 fully saturated rings. The third-order valence-corrected chi connectivity index (χ3v) is 6.74. The van der Waals surface area contributed by atoms with Gasteiger partial charge in [0.1, 0.15) is 5.82 Å². The zero-order valence-corrected chi connectivity index (χ0v) is 18.4. The fourth-order valence-corrected chi connectivity index (χ4v) is 4.99. The lowest BCUT2D eigenvalue weighted by atomic mass is 10.0. The molecule has 0 aliphatic rings. The van der Waals surface area contributed by atoms with E-state index in [1.165, 1.54) is 43.0 Å². The summed E-state index contributed by atoms with van der Waals surface area (Å²) < 4.78 is 24.9. The lowest BCUT2D eigenvalue weighted by molar-refractivity contribution is 0.0917. The number of halogens is 1. The molecule has 8 heteroatoms. The van der Waals surface area contributed by atoms with Crippen molar-refractivity contribution in [2.45, 2.75) is 12.8 Å². The Morgan fingerprint density at radius 3 is 2.52 bits per heavy atom. The van der Waals surface area contributed by atoms with E-state index in [1.807, 2.05) is 11.4 Å². The van der Waals surface area contributed by atoms with Crippen LogP contribution in [0.3, 0.4) is 0 Å².